The van der Waals surface area contributed by atoms with Crippen molar-refractivity contribution in [1.82, 2.24) is 14.9 Å². The van der Waals surface area contributed by atoms with Crippen LogP contribution < -0.4 is 9.64 Å². The number of rotatable bonds is 6. The molecule has 2 heterocycles. The Balaban J connectivity index is 0.000000321. The van der Waals surface area contributed by atoms with Gasteiger partial charge in [0.05, 0.1) is 17.5 Å². The van der Waals surface area contributed by atoms with Gasteiger partial charge in [0.2, 0.25) is 11.8 Å². The normalized spacial score (nSPS) is 14.5. The molecule has 9 heteroatoms. The van der Waals surface area contributed by atoms with Crippen molar-refractivity contribution in [2.24, 2.45) is 0 Å². The van der Waals surface area contributed by atoms with Crippen LogP contribution in [0.2, 0.25) is 0 Å². The minimum atomic E-state index is -1.26. The number of aromatic nitrogens is 2. The number of ether oxygens (including phenoxy) is 1. The zero-order chi connectivity index (χ0) is 21.2. The number of anilines is 1. The van der Waals surface area contributed by atoms with Crippen molar-refractivity contribution >= 4 is 28.8 Å². The summed E-state index contributed by atoms with van der Waals surface area (Å²) in [6.45, 7) is 6.79. The molecule has 1 saturated heterocycles. The van der Waals surface area contributed by atoms with Gasteiger partial charge in [0.15, 0.2) is 0 Å². The van der Waals surface area contributed by atoms with Crippen molar-refractivity contribution in [1.29, 1.82) is 0 Å². The van der Waals surface area contributed by atoms with E-state index in [2.05, 4.69) is 28.8 Å². The molecule has 0 unspecified atom stereocenters. The number of hydrogen-bond donors (Lipinski definition) is 2. The summed E-state index contributed by atoms with van der Waals surface area (Å²) in [5.41, 5.74) is 0.951. The second kappa shape index (κ2) is 11.0. The lowest BCUT2D eigenvalue weighted by Gasteiger charge is -2.32. The molecule has 2 aromatic rings. The van der Waals surface area contributed by atoms with Crippen LogP contribution in [0.15, 0.2) is 36.4 Å². The van der Waals surface area contributed by atoms with Gasteiger partial charge >= 0.3 is 11.9 Å². The maximum absolute atomic E-state index is 9.55. The number of para-hydroxylation sites is 1. The van der Waals surface area contributed by atoms with Crippen LogP contribution in [-0.2, 0) is 9.59 Å². The number of hydrogen-bond acceptors (Lipinski definition) is 7. The van der Waals surface area contributed by atoms with Gasteiger partial charge in [0, 0.05) is 38.3 Å². The Morgan fingerprint density at radius 1 is 1.07 bits per heavy atom. The van der Waals surface area contributed by atoms with Crippen LogP contribution >= 0.6 is 0 Å². The lowest BCUT2D eigenvalue weighted by Crippen LogP contribution is -2.45. The van der Waals surface area contributed by atoms with Crippen molar-refractivity contribution in [3.63, 3.8) is 0 Å². The summed E-state index contributed by atoms with van der Waals surface area (Å²) in [6, 6.07) is 8.05. The molecule has 0 bridgehead atoms. The Morgan fingerprint density at radius 3 is 2.28 bits per heavy atom. The van der Waals surface area contributed by atoms with Crippen LogP contribution in [0.25, 0.3) is 10.9 Å². The van der Waals surface area contributed by atoms with E-state index in [1.54, 1.807) is 0 Å². The number of aliphatic carboxylic acids is 2. The molecule has 1 aromatic heterocycles. The minimum absolute atomic E-state index is 0.558. The third-order valence-electron chi connectivity index (χ3n) is 4.15. The summed E-state index contributed by atoms with van der Waals surface area (Å²) >= 11 is 0. The van der Waals surface area contributed by atoms with Gasteiger partial charge in [-0.3, -0.25) is 0 Å². The highest BCUT2D eigenvalue weighted by Crippen LogP contribution is 2.25. The first kappa shape index (κ1) is 22.1. The molecule has 0 aliphatic carbocycles. The molecule has 0 atom stereocenters. The molecule has 9 nitrogen and oxygen atoms in total. The molecular weight excluding hydrogens is 376 g/mol. The Bertz CT molecular complexity index is 847. The number of carboxylic acids is 2. The quantitative estimate of drug-likeness (QED) is 0.699. The maximum Gasteiger partial charge on any atom is 0.328 e. The maximum atomic E-state index is 9.55. The predicted molar refractivity (Wildman–Crippen MR) is 109 cm³/mol. The van der Waals surface area contributed by atoms with Crippen LogP contribution in [-0.4, -0.2) is 76.9 Å². The second-order valence-electron chi connectivity index (χ2n) is 6.49. The molecule has 0 saturated carbocycles. The van der Waals surface area contributed by atoms with Gasteiger partial charge in [-0.1, -0.05) is 19.1 Å². The summed E-state index contributed by atoms with van der Waals surface area (Å²) in [4.78, 5) is 33.0. The standard InChI is InChI=1S/C16H22N4O.C4H4O4/c1-3-12-21-15-13-6-4-5-7-14(13)17-16(18-15)20-10-8-19(2)9-11-20;5-3(6)1-2-4(7)8/h4-7H,3,8-12H2,1-2H3;1-2H,(H,5,6)(H,7,8)/b;2-1+. The van der Waals surface area contributed by atoms with E-state index in [-0.39, 0.29) is 0 Å². The number of nitrogens with zero attached hydrogens (tertiary/aromatic N) is 4. The topological polar surface area (TPSA) is 116 Å². The number of piperazine rings is 1. The zero-order valence-electron chi connectivity index (χ0n) is 16.6. The Labute approximate surface area is 169 Å². The molecule has 3 rings (SSSR count). The highest BCUT2D eigenvalue weighted by Gasteiger charge is 2.18. The summed E-state index contributed by atoms with van der Waals surface area (Å²) in [5.74, 6) is -1.02. The molecule has 0 amide bonds. The van der Waals surface area contributed by atoms with Crippen LogP contribution in [0.5, 0.6) is 5.88 Å². The van der Waals surface area contributed by atoms with Gasteiger partial charge in [0.1, 0.15) is 0 Å². The van der Waals surface area contributed by atoms with E-state index in [1.165, 1.54) is 0 Å². The van der Waals surface area contributed by atoms with E-state index >= 15 is 0 Å². The average molecular weight is 402 g/mol. The average Bonchev–Trinajstić information content (AvgIpc) is 2.71. The molecular formula is C20H26N4O5. The van der Waals surface area contributed by atoms with E-state index in [4.69, 9.17) is 19.9 Å². The molecule has 0 radical (unpaired) electrons. The van der Waals surface area contributed by atoms with E-state index in [1.807, 2.05) is 24.3 Å². The fraction of sp³-hybridized carbons (Fsp3) is 0.400. The van der Waals surface area contributed by atoms with Gasteiger partial charge in [-0.05, 0) is 25.6 Å². The van der Waals surface area contributed by atoms with E-state index in [0.717, 1.165) is 49.5 Å². The first-order chi connectivity index (χ1) is 13.9. The van der Waals surface area contributed by atoms with Crippen molar-refractivity contribution < 1.29 is 24.5 Å². The molecule has 1 aliphatic heterocycles. The Kier molecular flexibility index (Phi) is 8.35. The Morgan fingerprint density at radius 2 is 1.69 bits per heavy atom. The molecule has 2 N–H and O–H groups in total. The minimum Gasteiger partial charge on any atom is -0.478 e. The van der Waals surface area contributed by atoms with Gasteiger partial charge in [-0.2, -0.15) is 4.98 Å². The lowest BCUT2D eigenvalue weighted by molar-refractivity contribution is -0.134. The van der Waals surface area contributed by atoms with E-state index < -0.39 is 11.9 Å². The first-order valence-electron chi connectivity index (χ1n) is 9.37. The molecule has 156 valence electrons. The molecule has 29 heavy (non-hydrogen) atoms. The third kappa shape index (κ3) is 7.04. The first-order valence-corrected chi connectivity index (χ1v) is 9.37. The number of carboxylic acid groups (broad SMARTS) is 2. The van der Waals surface area contributed by atoms with Crippen molar-refractivity contribution in [2.75, 3.05) is 44.7 Å². The summed E-state index contributed by atoms with van der Waals surface area (Å²) < 4.78 is 5.83. The highest BCUT2D eigenvalue weighted by molar-refractivity contribution is 5.89. The lowest BCUT2D eigenvalue weighted by atomic mass is 10.2. The summed E-state index contributed by atoms with van der Waals surface area (Å²) in [6.07, 6.45) is 2.09. The van der Waals surface area contributed by atoms with E-state index in [0.29, 0.717) is 24.6 Å². The Hall–Kier alpha value is -3.20. The number of carbonyl (C=O) groups is 2. The van der Waals surface area contributed by atoms with Gasteiger partial charge in [0.25, 0.3) is 0 Å². The van der Waals surface area contributed by atoms with Gasteiger partial charge in [-0.25, -0.2) is 14.6 Å². The van der Waals surface area contributed by atoms with Crippen molar-refractivity contribution in [3.05, 3.63) is 36.4 Å². The fourth-order valence-corrected chi connectivity index (χ4v) is 2.63. The van der Waals surface area contributed by atoms with Crippen LogP contribution in [0.4, 0.5) is 5.95 Å². The van der Waals surface area contributed by atoms with Crippen LogP contribution in [0.3, 0.4) is 0 Å². The zero-order valence-corrected chi connectivity index (χ0v) is 16.6. The second-order valence-corrected chi connectivity index (χ2v) is 6.49. The van der Waals surface area contributed by atoms with E-state index in [9.17, 15) is 9.59 Å². The summed E-state index contributed by atoms with van der Waals surface area (Å²) in [5, 5.41) is 16.6. The van der Waals surface area contributed by atoms with Crippen LogP contribution in [0.1, 0.15) is 13.3 Å². The van der Waals surface area contributed by atoms with Crippen molar-refractivity contribution in [3.8, 4) is 5.88 Å². The molecule has 1 aliphatic rings. The largest absolute Gasteiger partial charge is 0.478 e. The number of benzene rings is 1. The predicted octanol–water partition coefficient (Wildman–Crippen LogP) is 1.88. The van der Waals surface area contributed by atoms with Gasteiger partial charge in [-0.15, -0.1) is 0 Å². The highest BCUT2D eigenvalue weighted by atomic mass is 16.5. The molecule has 0 spiro atoms. The number of fused-ring (bicyclic) bond motifs is 1. The SMILES string of the molecule is CCCOc1nc(N2CCN(C)CC2)nc2ccccc12.O=C(O)/C=C/C(=O)O. The van der Waals surface area contributed by atoms with Crippen LogP contribution in [0, 0.1) is 0 Å². The van der Waals surface area contributed by atoms with Gasteiger partial charge < -0.3 is 24.7 Å². The third-order valence-corrected chi connectivity index (χ3v) is 4.15. The molecule has 1 fully saturated rings. The smallest absolute Gasteiger partial charge is 0.328 e. The summed E-state index contributed by atoms with van der Waals surface area (Å²) in [7, 11) is 2.15. The fourth-order valence-electron chi connectivity index (χ4n) is 2.63. The van der Waals surface area contributed by atoms with Crippen molar-refractivity contribution in [2.45, 2.75) is 13.3 Å². The molecule has 1 aromatic carbocycles. The number of likely N-dealkylation sites (N-methyl/N-ethyl adjacent to an activating group) is 1. The monoisotopic (exact) mass is 402 g/mol.